The molecule has 14 heavy (non-hydrogen) atoms. The van der Waals surface area contributed by atoms with E-state index in [0.29, 0.717) is 0 Å². The third-order valence-electron chi connectivity index (χ3n) is 1.05. The van der Waals surface area contributed by atoms with Crippen molar-refractivity contribution in [3.05, 3.63) is 0 Å². The molecule has 0 spiro atoms. The van der Waals surface area contributed by atoms with Crippen molar-refractivity contribution in [1.82, 2.24) is 0 Å². The molecule has 88 valence electrons. The van der Waals surface area contributed by atoms with E-state index < -0.39 is 24.2 Å². The van der Waals surface area contributed by atoms with Crippen LogP contribution < -0.4 is 0 Å². The lowest BCUT2D eigenvalue weighted by Gasteiger charge is -2.16. The average Bonchev–Trinajstić information content (AvgIpc) is 1.83. The Morgan fingerprint density at radius 2 is 1.00 bits per heavy atom. The van der Waals surface area contributed by atoms with Crippen molar-refractivity contribution < 1.29 is 40.9 Å². The van der Waals surface area contributed by atoms with Gasteiger partial charge in [0, 0.05) is 0 Å². The first-order valence-corrected chi connectivity index (χ1v) is 3.55. The van der Waals surface area contributed by atoms with Gasteiger partial charge in [-0.25, -0.2) is 0 Å². The summed E-state index contributed by atoms with van der Waals surface area (Å²) in [4.78, 5) is 0. The Hall–Kier alpha value is -0.320. The lowest BCUT2D eigenvalue weighted by Crippen LogP contribution is -2.39. The maximum Gasteiger partial charge on any atom is 0.302 e. The predicted molar refractivity (Wildman–Crippen MR) is 42.1 cm³/mol. The van der Waals surface area contributed by atoms with Crippen LogP contribution in [0.15, 0.2) is 0 Å². The molecule has 0 aromatic rings. The molecule has 0 fully saturated rings. The van der Waals surface area contributed by atoms with Gasteiger partial charge in [-0.05, 0) is 13.8 Å². The molecule has 0 aromatic heterocycles. The van der Waals surface area contributed by atoms with E-state index in [4.69, 9.17) is 40.9 Å². The fourth-order valence-corrected chi connectivity index (χ4v) is 0. The van der Waals surface area contributed by atoms with Gasteiger partial charge >= 0.3 is 5.97 Å². The van der Waals surface area contributed by atoms with E-state index in [0.717, 1.165) is 13.8 Å². The van der Waals surface area contributed by atoms with E-state index in [-0.39, 0.29) is 0 Å². The largest absolute Gasteiger partial charge is 0.385 e. The van der Waals surface area contributed by atoms with Crippen LogP contribution in [0.1, 0.15) is 13.8 Å². The standard InChI is InChI=1S/2C3H8O4/c1-3(6,7)2(4)5;1-2(4)3(5,6)7/h2*2,4-7H,1H3. The third-order valence-corrected chi connectivity index (χ3v) is 1.05. The van der Waals surface area contributed by atoms with Crippen LogP contribution >= 0.6 is 0 Å². The summed E-state index contributed by atoms with van der Waals surface area (Å²) in [6.45, 7) is 1.93. The number of hydrogen-bond acceptors (Lipinski definition) is 8. The minimum absolute atomic E-state index is 0.873. The molecule has 1 atom stereocenters. The Labute approximate surface area is 79.9 Å². The number of hydrogen-bond donors (Lipinski definition) is 8. The van der Waals surface area contributed by atoms with Gasteiger partial charge in [0.05, 0.1) is 0 Å². The third kappa shape index (κ3) is 9.77. The maximum absolute atomic E-state index is 8.15. The number of rotatable bonds is 2. The van der Waals surface area contributed by atoms with Crippen molar-refractivity contribution in [2.45, 2.75) is 38.0 Å². The smallest absolute Gasteiger partial charge is 0.302 e. The zero-order valence-electron chi connectivity index (χ0n) is 7.73. The number of aliphatic hydroxyl groups is 8. The van der Waals surface area contributed by atoms with Gasteiger partial charge in [-0.15, -0.1) is 0 Å². The van der Waals surface area contributed by atoms with Crippen molar-refractivity contribution in [3.63, 3.8) is 0 Å². The zero-order chi connectivity index (χ0) is 12.2. The van der Waals surface area contributed by atoms with Gasteiger partial charge in [0.1, 0.15) is 6.10 Å². The summed E-state index contributed by atoms with van der Waals surface area (Å²) in [5.41, 5.74) is 0. The maximum atomic E-state index is 8.15. The van der Waals surface area contributed by atoms with Gasteiger partial charge in [-0.2, -0.15) is 0 Å². The van der Waals surface area contributed by atoms with Gasteiger partial charge in [0.25, 0.3) is 0 Å². The van der Waals surface area contributed by atoms with E-state index in [1.807, 2.05) is 0 Å². The van der Waals surface area contributed by atoms with Crippen molar-refractivity contribution in [3.8, 4) is 0 Å². The molecule has 0 amide bonds. The molecule has 0 aliphatic rings. The van der Waals surface area contributed by atoms with Crippen LogP contribution in [0.25, 0.3) is 0 Å². The minimum atomic E-state index is -2.94. The lowest BCUT2D eigenvalue weighted by atomic mass is 10.3. The van der Waals surface area contributed by atoms with E-state index in [9.17, 15) is 0 Å². The Balaban J connectivity index is 0. The van der Waals surface area contributed by atoms with E-state index in [1.54, 1.807) is 0 Å². The molecule has 0 radical (unpaired) electrons. The summed E-state index contributed by atoms with van der Waals surface area (Å²) in [5.74, 6) is -5.33. The van der Waals surface area contributed by atoms with Crippen LogP contribution in [0.5, 0.6) is 0 Å². The Kier molecular flexibility index (Phi) is 6.37. The fraction of sp³-hybridized carbons (Fsp3) is 1.00. The van der Waals surface area contributed by atoms with E-state index >= 15 is 0 Å². The highest BCUT2D eigenvalue weighted by Crippen LogP contribution is 1.99. The van der Waals surface area contributed by atoms with Gasteiger partial charge in [0.2, 0.25) is 12.1 Å². The summed E-state index contributed by atoms with van der Waals surface area (Å²) in [6.07, 6.45) is -3.63. The van der Waals surface area contributed by atoms with Crippen LogP contribution in [-0.2, 0) is 0 Å². The topological polar surface area (TPSA) is 162 Å². The predicted octanol–water partition coefficient (Wildman–Crippen LogP) is -4.00. The van der Waals surface area contributed by atoms with Crippen molar-refractivity contribution >= 4 is 0 Å². The lowest BCUT2D eigenvalue weighted by molar-refractivity contribution is -0.351. The summed E-state index contributed by atoms with van der Waals surface area (Å²) in [7, 11) is 0. The van der Waals surface area contributed by atoms with E-state index in [1.165, 1.54) is 0 Å². The molecule has 8 heteroatoms. The second-order valence-electron chi connectivity index (χ2n) is 2.83. The average molecular weight is 216 g/mol. The normalized spacial score (nSPS) is 14.8. The molecule has 0 saturated heterocycles. The first-order chi connectivity index (χ1) is 5.89. The van der Waals surface area contributed by atoms with Gasteiger partial charge < -0.3 is 40.9 Å². The van der Waals surface area contributed by atoms with Crippen LogP contribution in [0, 0.1) is 0 Å². The second-order valence-corrected chi connectivity index (χ2v) is 2.83. The first kappa shape index (κ1) is 16.1. The van der Waals surface area contributed by atoms with Crippen molar-refractivity contribution in [2.24, 2.45) is 0 Å². The molecular formula is C6H16O8. The molecule has 0 aliphatic carbocycles. The zero-order valence-corrected chi connectivity index (χ0v) is 7.73. The molecule has 0 rings (SSSR count). The second kappa shape index (κ2) is 5.53. The molecule has 1 unspecified atom stereocenters. The summed E-state index contributed by atoms with van der Waals surface area (Å²) in [6, 6.07) is 0. The van der Waals surface area contributed by atoms with Crippen LogP contribution in [0.3, 0.4) is 0 Å². The summed E-state index contributed by atoms with van der Waals surface area (Å²) < 4.78 is 0. The Morgan fingerprint density at radius 1 is 0.857 bits per heavy atom. The highest BCUT2D eigenvalue weighted by Gasteiger charge is 2.25. The van der Waals surface area contributed by atoms with Gasteiger partial charge in [-0.3, -0.25) is 0 Å². The molecule has 0 bridgehead atoms. The minimum Gasteiger partial charge on any atom is -0.385 e. The highest BCUT2D eigenvalue weighted by molar-refractivity contribution is 4.55. The van der Waals surface area contributed by atoms with Crippen LogP contribution in [0.2, 0.25) is 0 Å². The number of aliphatic hydroxyl groups excluding tert-OH is 2. The molecular weight excluding hydrogens is 200 g/mol. The SMILES string of the molecule is CC(O)(O)C(O)O.CC(O)C(O)(O)O. The Morgan fingerprint density at radius 3 is 1.00 bits per heavy atom. The first-order valence-electron chi connectivity index (χ1n) is 3.55. The van der Waals surface area contributed by atoms with E-state index in [2.05, 4.69) is 0 Å². The van der Waals surface area contributed by atoms with Crippen LogP contribution in [0.4, 0.5) is 0 Å². The summed E-state index contributed by atoms with van der Waals surface area (Å²) >= 11 is 0. The van der Waals surface area contributed by atoms with Gasteiger partial charge in [0.15, 0.2) is 0 Å². The van der Waals surface area contributed by atoms with Crippen molar-refractivity contribution in [1.29, 1.82) is 0 Å². The summed E-state index contributed by atoms with van der Waals surface area (Å²) in [5, 5.41) is 64.2. The Bertz CT molecular complexity index is 123. The molecule has 0 aliphatic heterocycles. The molecule has 0 heterocycles. The molecule has 0 saturated carbocycles. The molecule has 8 nitrogen and oxygen atoms in total. The van der Waals surface area contributed by atoms with Gasteiger partial charge in [-0.1, -0.05) is 0 Å². The van der Waals surface area contributed by atoms with Crippen LogP contribution in [-0.4, -0.2) is 65.0 Å². The monoisotopic (exact) mass is 216 g/mol. The highest BCUT2D eigenvalue weighted by atomic mass is 16.7. The fourth-order valence-electron chi connectivity index (χ4n) is 0. The molecule has 8 N–H and O–H groups in total. The molecule has 0 aromatic carbocycles. The van der Waals surface area contributed by atoms with Crippen molar-refractivity contribution in [2.75, 3.05) is 0 Å². The quantitative estimate of drug-likeness (QED) is 0.216.